The molecule has 0 aromatic rings. The number of hydrogen-bond acceptors (Lipinski definition) is 2. The Hall–Kier alpha value is -1.22. The number of alkyl halides is 3. The summed E-state index contributed by atoms with van der Waals surface area (Å²) in [4.78, 5) is 11.5. The van der Waals surface area contributed by atoms with Crippen LogP contribution < -0.4 is 11.1 Å². The molecule has 3 nitrogen and oxygen atoms in total. The second-order valence-electron chi connectivity index (χ2n) is 4.10. The van der Waals surface area contributed by atoms with Gasteiger partial charge in [0.05, 0.1) is 5.92 Å². The molecule has 104 valence electrons. The molecular formula is C12H19F3N2O. The Morgan fingerprint density at radius 3 is 2.50 bits per heavy atom. The van der Waals surface area contributed by atoms with Crippen LogP contribution in [0, 0.1) is 18.3 Å². The zero-order valence-electron chi connectivity index (χ0n) is 10.4. The van der Waals surface area contributed by atoms with Crippen molar-refractivity contribution in [3.8, 4) is 12.3 Å². The standard InChI is InChI=1S/C12H19F3N2O/c1-3-5-10(4-2)17-11(18)8-9(6-7-16)12(13,14)15/h1,9-10H,4-8,16H2,2H3,(H,17,18). The molecular weight excluding hydrogens is 245 g/mol. The summed E-state index contributed by atoms with van der Waals surface area (Å²) in [6.45, 7) is 1.71. The Morgan fingerprint density at radius 1 is 1.50 bits per heavy atom. The quantitative estimate of drug-likeness (QED) is 0.689. The molecule has 0 saturated heterocycles. The van der Waals surface area contributed by atoms with Crippen molar-refractivity contribution in [1.82, 2.24) is 5.32 Å². The van der Waals surface area contributed by atoms with Crippen molar-refractivity contribution >= 4 is 5.91 Å². The summed E-state index contributed by atoms with van der Waals surface area (Å²) in [5, 5.41) is 2.51. The summed E-state index contributed by atoms with van der Waals surface area (Å²) in [6.07, 6.45) is 0.762. The van der Waals surface area contributed by atoms with Gasteiger partial charge in [0.25, 0.3) is 0 Å². The molecule has 0 aliphatic rings. The minimum Gasteiger partial charge on any atom is -0.352 e. The molecule has 2 atom stereocenters. The van der Waals surface area contributed by atoms with Crippen LogP contribution in [0.3, 0.4) is 0 Å². The van der Waals surface area contributed by atoms with Crippen LogP contribution in [0.2, 0.25) is 0 Å². The molecule has 6 heteroatoms. The molecule has 3 N–H and O–H groups in total. The number of nitrogens with one attached hydrogen (secondary N) is 1. The number of nitrogens with two attached hydrogens (primary N) is 1. The van der Waals surface area contributed by atoms with E-state index in [0.29, 0.717) is 12.8 Å². The average molecular weight is 264 g/mol. The monoisotopic (exact) mass is 264 g/mol. The molecule has 0 radical (unpaired) electrons. The van der Waals surface area contributed by atoms with E-state index in [1.807, 2.05) is 6.92 Å². The molecule has 2 unspecified atom stereocenters. The molecule has 0 heterocycles. The van der Waals surface area contributed by atoms with E-state index in [4.69, 9.17) is 12.2 Å². The van der Waals surface area contributed by atoms with Gasteiger partial charge in [0, 0.05) is 18.9 Å². The molecule has 0 aliphatic heterocycles. The van der Waals surface area contributed by atoms with Crippen LogP contribution in [0.5, 0.6) is 0 Å². The SMILES string of the molecule is C#CCC(CC)NC(=O)CC(CCN)C(F)(F)F. The van der Waals surface area contributed by atoms with Crippen LogP contribution in [0.1, 0.15) is 32.6 Å². The van der Waals surface area contributed by atoms with E-state index in [2.05, 4.69) is 11.2 Å². The minimum absolute atomic E-state index is 0.0982. The maximum Gasteiger partial charge on any atom is 0.392 e. The molecule has 1 amide bonds. The second kappa shape index (κ2) is 7.98. The normalized spacial score (nSPS) is 14.7. The molecule has 0 bridgehead atoms. The van der Waals surface area contributed by atoms with E-state index < -0.39 is 24.4 Å². The van der Waals surface area contributed by atoms with Gasteiger partial charge in [0.1, 0.15) is 0 Å². The van der Waals surface area contributed by atoms with Gasteiger partial charge in [-0.25, -0.2) is 0 Å². The van der Waals surface area contributed by atoms with Crippen molar-refractivity contribution in [2.75, 3.05) is 6.54 Å². The lowest BCUT2D eigenvalue weighted by molar-refractivity contribution is -0.180. The highest BCUT2D eigenvalue weighted by atomic mass is 19.4. The molecule has 0 fully saturated rings. The highest BCUT2D eigenvalue weighted by Crippen LogP contribution is 2.31. The lowest BCUT2D eigenvalue weighted by Crippen LogP contribution is -2.38. The number of hydrogen-bond donors (Lipinski definition) is 2. The third-order valence-corrected chi connectivity index (χ3v) is 2.63. The van der Waals surface area contributed by atoms with E-state index in [1.54, 1.807) is 0 Å². The van der Waals surface area contributed by atoms with Gasteiger partial charge >= 0.3 is 6.18 Å². The highest BCUT2D eigenvalue weighted by Gasteiger charge is 2.40. The Kier molecular flexibility index (Phi) is 7.44. The fraction of sp³-hybridized carbons (Fsp3) is 0.750. The largest absolute Gasteiger partial charge is 0.392 e. The second-order valence-corrected chi connectivity index (χ2v) is 4.10. The molecule has 0 aromatic carbocycles. The van der Waals surface area contributed by atoms with Crippen LogP contribution in [0.4, 0.5) is 13.2 Å². The Balaban J connectivity index is 4.38. The maximum atomic E-state index is 12.6. The highest BCUT2D eigenvalue weighted by molar-refractivity contribution is 5.76. The zero-order valence-corrected chi connectivity index (χ0v) is 10.4. The van der Waals surface area contributed by atoms with Gasteiger partial charge in [-0.15, -0.1) is 12.3 Å². The summed E-state index contributed by atoms with van der Waals surface area (Å²) < 4.78 is 37.7. The number of rotatable bonds is 7. The van der Waals surface area contributed by atoms with Crippen molar-refractivity contribution in [3.63, 3.8) is 0 Å². The third kappa shape index (κ3) is 6.50. The molecule has 0 aromatic heterocycles. The molecule has 0 rings (SSSR count). The smallest absolute Gasteiger partial charge is 0.352 e. The number of amides is 1. The van der Waals surface area contributed by atoms with Gasteiger partial charge in [-0.2, -0.15) is 13.2 Å². The fourth-order valence-electron chi connectivity index (χ4n) is 1.53. The zero-order chi connectivity index (χ0) is 14.2. The van der Waals surface area contributed by atoms with E-state index in [0.717, 1.165) is 0 Å². The van der Waals surface area contributed by atoms with Gasteiger partial charge in [-0.3, -0.25) is 4.79 Å². The van der Waals surface area contributed by atoms with Crippen molar-refractivity contribution in [3.05, 3.63) is 0 Å². The van der Waals surface area contributed by atoms with Crippen LogP contribution in [0.15, 0.2) is 0 Å². The first-order valence-electron chi connectivity index (χ1n) is 5.84. The van der Waals surface area contributed by atoms with E-state index >= 15 is 0 Å². The molecule has 0 saturated carbocycles. The van der Waals surface area contributed by atoms with Crippen molar-refractivity contribution in [2.45, 2.75) is 44.8 Å². The third-order valence-electron chi connectivity index (χ3n) is 2.63. The molecule has 0 spiro atoms. The summed E-state index contributed by atoms with van der Waals surface area (Å²) in [7, 11) is 0. The predicted molar refractivity (Wildman–Crippen MR) is 63.5 cm³/mol. The van der Waals surface area contributed by atoms with Crippen molar-refractivity contribution in [2.24, 2.45) is 11.7 Å². The first-order chi connectivity index (χ1) is 8.35. The minimum atomic E-state index is -4.40. The Morgan fingerprint density at radius 2 is 2.11 bits per heavy atom. The van der Waals surface area contributed by atoms with Gasteiger partial charge in [-0.1, -0.05) is 6.92 Å². The Labute approximate surface area is 105 Å². The van der Waals surface area contributed by atoms with Crippen LogP contribution >= 0.6 is 0 Å². The maximum absolute atomic E-state index is 12.6. The predicted octanol–water partition coefficient (Wildman–Crippen LogP) is 1.82. The number of halogens is 3. The lowest BCUT2D eigenvalue weighted by Gasteiger charge is -2.21. The molecule has 0 aliphatic carbocycles. The van der Waals surface area contributed by atoms with Crippen LogP contribution in [0.25, 0.3) is 0 Å². The lowest BCUT2D eigenvalue weighted by atomic mass is 10.00. The van der Waals surface area contributed by atoms with Crippen molar-refractivity contribution in [1.29, 1.82) is 0 Å². The van der Waals surface area contributed by atoms with E-state index in [1.165, 1.54) is 0 Å². The Bertz CT molecular complexity index is 297. The van der Waals surface area contributed by atoms with Crippen LogP contribution in [-0.4, -0.2) is 24.7 Å². The number of carbonyl (C=O) groups is 1. The van der Waals surface area contributed by atoms with Gasteiger partial charge in [0.2, 0.25) is 5.91 Å². The number of terminal acetylenes is 1. The summed E-state index contributed by atoms with van der Waals surface area (Å²) >= 11 is 0. The van der Waals surface area contributed by atoms with Crippen LogP contribution in [-0.2, 0) is 4.79 Å². The topological polar surface area (TPSA) is 55.1 Å². The molecule has 18 heavy (non-hydrogen) atoms. The average Bonchev–Trinajstić information content (AvgIpc) is 2.26. The van der Waals surface area contributed by atoms with Gasteiger partial charge < -0.3 is 11.1 Å². The van der Waals surface area contributed by atoms with Gasteiger partial charge in [0.15, 0.2) is 0 Å². The summed E-state index contributed by atoms with van der Waals surface area (Å²) in [5.74, 6) is 0.0552. The van der Waals surface area contributed by atoms with E-state index in [-0.39, 0.29) is 19.0 Å². The number of carbonyl (C=O) groups excluding carboxylic acids is 1. The first-order valence-corrected chi connectivity index (χ1v) is 5.84. The van der Waals surface area contributed by atoms with Crippen molar-refractivity contribution < 1.29 is 18.0 Å². The summed E-state index contributed by atoms with van der Waals surface area (Å²) in [5.41, 5.74) is 5.12. The first kappa shape index (κ1) is 16.8. The summed E-state index contributed by atoms with van der Waals surface area (Å²) in [6, 6.07) is -0.269. The van der Waals surface area contributed by atoms with Gasteiger partial charge in [-0.05, 0) is 19.4 Å². The van der Waals surface area contributed by atoms with E-state index in [9.17, 15) is 18.0 Å². The fourth-order valence-corrected chi connectivity index (χ4v) is 1.53.